The largest absolute Gasteiger partial charge is 0.311 e. The zero-order chi connectivity index (χ0) is 13.8. The molecular formula is C16H26ClN. The fraction of sp³-hybridized carbons (Fsp3) is 0.625. The number of halogens is 1. The highest BCUT2D eigenvalue weighted by Gasteiger charge is 2.29. The summed E-state index contributed by atoms with van der Waals surface area (Å²) in [6.07, 6.45) is 2.24. The Morgan fingerprint density at radius 1 is 1.11 bits per heavy atom. The third kappa shape index (κ3) is 4.00. The summed E-state index contributed by atoms with van der Waals surface area (Å²) in [5.41, 5.74) is 1.67. The van der Waals surface area contributed by atoms with Crippen molar-refractivity contribution in [2.45, 2.75) is 58.4 Å². The predicted octanol–water partition coefficient (Wildman–Crippen LogP) is 4.79. The van der Waals surface area contributed by atoms with Crippen molar-refractivity contribution in [1.82, 2.24) is 5.32 Å². The summed E-state index contributed by atoms with van der Waals surface area (Å²) in [6, 6.07) is 8.30. The maximum absolute atomic E-state index is 6.13. The van der Waals surface area contributed by atoms with Gasteiger partial charge >= 0.3 is 0 Å². The van der Waals surface area contributed by atoms with Crippen LogP contribution in [-0.4, -0.2) is 12.1 Å². The van der Waals surface area contributed by atoms with Crippen LogP contribution < -0.4 is 5.32 Å². The lowest BCUT2D eigenvalue weighted by Gasteiger charge is -2.36. The maximum Gasteiger partial charge on any atom is 0.0408 e. The van der Waals surface area contributed by atoms with E-state index in [1.807, 2.05) is 6.07 Å². The zero-order valence-electron chi connectivity index (χ0n) is 12.3. The van der Waals surface area contributed by atoms with Gasteiger partial charge in [0.05, 0.1) is 0 Å². The molecule has 1 nitrogen and oxygen atoms in total. The number of rotatable bonds is 5. The maximum atomic E-state index is 6.13. The molecule has 0 unspecified atom stereocenters. The first-order valence-corrected chi connectivity index (χ1v) is 7.22. The molecule has 0 aromatic heterocycles. The van der Waals surface area contributed by atoms with Crippen molar-refractivity contribution in [3.63, 3.8) is 0 Å². The molecule has 18 heavy (non-hydrogen) atoms. The summed E-state index contributed by atoms with van der Waals surface area (Å²) >= 11 is 6.13. The van der Waals surface area contributed by atoms with E-state index in [9.17, 15) is 0 Å². The number of hydrogen-bond acceptors (Lipinski definition) is 1. The molecule has 0 aliphatic heterocycles. The second kappa shape index (κ2) is 6.08. The Balaban J connectivity index is 2.99. The molecular weight excluding hydrogens is 242 g/mol. The van der Waals surface area contributed by atoms with Crippen LogP contribution >= 0.6 is 11.6 Å². The van der Waals surface area contributed by atoms with Gasteiger partial charge in [-0.2, -0.15) is 0 Å². The van der Waals surface area contributed by atoms with Crippen molar-refractivity contribution in [1.29, 1.82) is 0 Å². The van der Waals surface area contributed by atoms with Gasteiger partial charge in [-0.25, -0.2) is 0 Å². The van der Waals surface area contributed by atoms with E-state index in [1.54, 1.807) is 0 Å². The molecule has 1 aromatic rings. The minimum atomic E-state index is 0.147. The normalized spacial score (nSPS) is 12.8. The first-order chi connectivity index (χ1) is 8.33. The van der Waals surface area contributed by atoms with Crippen LogP contribution in [0.15, 0.2) is 24.3 Å². The molecule has 0 fully saturated rings. The molecule has 0 saturated carbocycles. The van der Waals surface area contributed by atoms with Crippen LogP contribution in [0.1, 0.15) is 53.0 Å². The van der Waals surface area contributed by atoms with Gasteiger partial charge in [-0.05, 0) is 51.3 Å². The highest BCUT2D eigenvalue weighted by Crippen LogP contribution is 2.32. The van der Waals surface area contributed by atoms with Gasteiger partial charge in [-0.1, -0.05) is 37.6 Å². The fourth-order valence-electron chi connectivity index (χ4n) is 2.26. The highest BCUT2D eigenvalue weighted by atomic mass is 35.5. The predicted molar refractivity (Wildman–Crippen MR) is 81.5 cm³/mol. The molecule has 0 radical (unpaired) electrons. The lowest BCUT2D eigenvalue weighted by Crippen LogP contribution is -2.45. The molecule has 0 aliphatic rings. The van der Waals surface area contributed by atoms with Crippen molar-refractivity contribution in [2.75, 3.05) is 6.54 Å². The van der Waals surface area contributed by atoms with Gasteiger partial charge in [0.25, 0.3) is 0 Å². The standard InChI is InChI=1S/C16H26ClN/c1-6-16(7-2,12-18-15(3,4)5)13-9-8-10-14(17)11-13/h8-11,18H,6-7,12H2,1-5H3. The molecule has 1 rings (SSSR count). The number of benzene rings is 1. The Hall–Kier alpha value is -0.530. The topological polar surface area (TPSA) is 12.0 Å². The lowest BCUT2D eigenvalue weighted by molar-refractivity contribution is 0.313. The van der Waals surface area contributed by atoms with E-state index in [4.69, 9.17) is 11.6 Å². The van der Waals surface area contributed by atoms with Gasteiger partial charge < -0.3 is 5.32 Å². The third-order valence-corrected chi connectivity index (χ3v) is 3.98. The first kappa shape index (κ1) is 15.5. The van der Waals surface area contributed by atoms with Gasteiger partial charge in [0.2, 0.25) is 0 Å². The van der Waals surface area contributed by atoms with Crippen molar-refractivity contribution in [3.8, 4) is 0 Å². The van der Waals surface area contributed by atoms with E-state index >= 15 is 0 Å². The Bertz CT molecular complexity index is 375. The Morgan fingerprint density at radius 3 is 2.17 bits per heavy atom. The smallest absolute Gasteiger partial charge is 0.0408 e. The summed E-state index contributed by atoms with van der Waals surface area (Å²) in [4.78, 5) is 0. The molecule has 1 N–H and O–H groups in total. The van der Waals surface area contributed by atoms with Crippen LogP contribution in [0.25, 0.3) is 0 Å². The van der Waals surface area contributed by atoms with Crippen LogP contribution in [0.4, 0.5) is 0 Å². The summed E-state index contributed by atoms with van der Waals surface area (Å²) < 4.78 is 0. The van der Waals surface area contributed by atoms with Gasteiger partial charge in [0.15, 0.2) is 0 Å². The monoisotopic (exact) mass is 267 g/mol. The lowest BCUT2D eigenvalue weighted by atomic mass is 9.75. The van der Waals surface area contributed by atoms with E-state index in [-0.39, 0.29) is 11.0 Å². The molecule has 0 spiro atoms. The molecule has 102 valence electrons. The second-order valence-electron chi connectivity index (χ2n) is 6.10. The minimum absolute atomic E-state index is 0.147. The molecule has 1 aromatic carbocycles. The molecule has 0 heterocycles. The van der Waals surface area contributed by atoms with Gasteiger partial charge in [-0.3, -0.25) is 0 Å². The Morgan fingerprint density at radius 2 is 1.72 bits per heavy atom. The van der Waals surface area contributed by atoms with Crippen LogP contribution in [0.3, 0.4) is 0 Å². The molecule has 0 aliphatic carbocycles. The van der Waals surface area contributed by atoms with Gasteiger partial charge in [0, 0.05) is 22.5 Å². The van der Waals surface area contributed by atoms with Crippen LogP contribution in [-0.2, 0) is 5.41 Å². The zero-order valence-corrected chi connectivity index (χ0v) is 13.1. The SMILES string of the molecule is CCC(CC)(CNC(C)(C)C)c1cccc(Cl)c1. The van der Waals surface area contributed by atoms with E-state index < -0.39 is 0 Å². The van der Waals surface area contributed by atoms with Crippen molar-refractivity contribution in [3.05, 3.63) is 34.9 Å². The molecule has 0 saturated heterocycles. The molecule has 0 atom stereocenters. The summed E-state index contributed by atoms with van der Waals surface area (Å²) in [7, 11) is 0. The molecule has 0 amide bonds. The second-order valence-corrected chi connectivity index (χ2v) is 6.54. The molecule has 2 heteroatoms. The van der Waals surface area contributed by atoms with E-state index in [0.717, 1.165) is 24.4 Å². The van der Waals surface area contributed by atoms with Crippen molar-refractivity contribution < 1.29 is 0 Å². The van der Waals surface area contributed by atoms with E-state index in [0.29, 0.717) is 0 Å². The van der Waals surface area contributed by atoms with E-state index in [1.165, 1.54) is 5.56 Å². The first-order valence-electron chi connectivity index (χ1n) is 6.84. The van der Waals surface area contributed by atoms with Crippen molar-refractivity contribution in [2.24, 2.45) is 0 Å². The van der Waals surface area contributed by atoms with Crippen LogP contribution in [0, 0.1) is 0 Å². The van der Waals surface area contributed by atoms with Gasteiger partial charge in [0.1, 0.15) is 0 Å². The Labute approximate surface area is 117 Å². The average Bonchev–Trinajstić information content (AvgIpc) is 2.30. The van der Waals surface area contributed by atoms with Gasteiger partial charge in [-0.15, -0.1) is 0 Å². The number of nitrogens with one attached hydrogen (secondary N) is 1. The van der Waals surface area contributed by atoms with Crippen molar-refractivity contribution >= 4 is 11.6 Å². The summed E-state index contributed by atoms with van der Waals surface area (Å²) in [5.74, 6) is 0. The van der Waals surface area contributed by atoms with E-state index in [2.05, 4.69) is 58.1 Å². The highest BCUT2D eigenvalue weighted by molar-refractivity contribution is 6.30. The summed E-state index contributed by atoms with van der Waals surface area (Å²) in [5, 5.41) is 4.47. The molecule has 0 bridgehead atoms. The third-order valence-electron chi connectivity index (χ3n) is 3.75. The fourth-order valence-corrected chi connectivity index (χ4v) is 2.45. The van der Waals surface area contributed by atoms with Crippen LogP contribution in [0.2, 0.25) is 5.02 Å². The number of hydrogen-bond donors (Lipinski definition) is 1. The minimum Gasteiger partial charge on any atom is -0.311 e. The average molecular weight is 268 g/mol. The van der Waals surface area contributed by atoms with Crippen LogP contribution in [0.5, 0.6) is 0 Å². The Kier molecular flexibility index (Phi) is 5.24. The summed E-state index contributed by atoms with van der Waals surface area (Å²) in [6.45, 7) is 12.1. The quantitative estimate of drug-likeness (QED) is 0.809.